The molecular formula is C7H9F3N2O3. The topological polar surface area (TPSA) is 58.6 Å². The maximum Gasteiger partial charge on any atom is 0.493 e. The van der Waals surface area contributed by atoms with Gasteiger partial charge in [-0.15, -0.1) is 0 Å². The number of nitrogens with zero attached hydrogens (tertiary/aromatic N) is 1. The maximum absolute atomic E-state index is 11.8. The average molecular weight is 226 g/mol. The van der Waals surface area contributed by atoms with Crippen molar-refractivity contribution in [3.8, 4) is 0 Å². The summed E-state index contributed by atoms with van der Waals surface area (Å²) in [5, 5.41) is 3.12. The molecule has 1 aliphatic heterocycles. The zero-order valence-corrected chi connectivity index (χ0v) is 7.63. The molecular weight excluding hydrogens is 217 g/mol. The van der Waals surface area contributed by atoms with Gasteiger partial charge in [0.1, 0.15) is 0 Å². The van der Waals surface area contributed by atoms with E-state index in [1.165, 1.54) is 0 Å². The summed E-state index contributed by atoms with van der Waals surface area (Å²) in [6.07, 6.45) is -4.66. The van der Waals surface area contributed by atoms with Crippen molar-refractivity contribution in [1.29, 1.82) is 0 Å². The summed E-state index contributed by atoms with van der Waals surface area (Å²) in [6, 6.07) is 0. The van der Waals surface area contributed by atoms with Crippen molar-refractivity contribution >= 4 is 11.9 Å². The molecule has 1 amide bonds. The predicted octanol–water partition coefficient (Wildman–Crippen LogP) is -0.171. The minimum Gasteiger partial charge on any atom is -0.330 e. The fraction of sp³-hybridized carbons (Fsp3) is 0.714. The zero-order valence-electron chi connectivity index (χ0n) is 7.63. The fourth-order valence-electron chi connectivity index (χ4n) is 1.00. The van der Waals surface area contributed by atoms with E-state index in [2.05, 4.69) is 10.2 Å². The van der Waals surface area contributed by atoms with E-state index in [0.29, 0.717) is 18.0 Å². The van der Waals surface area contributed by atoms with Crippen LogP contribution in [0.4, 0.5) is 13.2 Å². The summed E-state index contributed by atoms with van der Waals surface area (Å²) in [4.78, 5) is 25.5. The van der Waals surface area contributed by atoms with Crippen molar-refractivity contribution < 1.29 is 27.6 Å². The third-order valence-electron chi connectivity index (χ3n) is 1.69. The van der Waals surface area contributed by atoms with Crippen molar-refractivity contribution in [1.82, 2.24) is 10.4 Å². The Bertz CT molecular complexity index is 267. The van der Waals surface area contributed by atoms with Gasteiger partial charge in [0.2, 0.25) is 0 Å². The number of hydroxylamine groups is 2. The van der Waals surface area contributed by atoms with Crippen LogP contribution in [0.5, 0.6) is 0 Å². The number of alkyl halides is 3. The highest BCUT2D eigenvalue weighted by Gasteiger charge is 2.43. The number of halogens is 3. The van der Waals surface area contributed by atoms with Crippen LogP contribution in [-0.2, 0) is 14.4 Å². The van der Waals surface area contributed by atoms with Crippen LogP contribution >= 0.6 is 0 Å². The highest BCUT2D eigenvalue weighted by molar-refractivity contribution is 5.81. The maximum atomic E-state index is 11.8. The van der Waals surface area contributed by atoms with Gasteiger partial charge in [-0.25, -0.2) is 4.79 Å². The number of hydrogen-bond donors (Lipinski definition) is 1. The van der Waals surface area contributed by atoms with E-state index < -0.39 is 18.1 Å². The highest BCUT2D eigenvalue weighted by Crippen LogP contribution is 2.17. The van der Waals surface area contributed by atoms with Crippen LogP contribution in [0, 0.1) is 0 Å². The first-order chi connectivity index (χ1) is 6.91. The molecule has 0 unspecified atom stereocenters. The summed E-state index contributed by atoms with van der Waals surface area (Å²) in [6.45, 7) is 0.324. The smallest absolute Gasteiger partial charge is 0.330 e. The normalized spacial score (nSPS) is 18.6. The van der Waals surface area contributed by atoms with Gasteiger partial charge in [0.05, 0.1) is 13.1 Å². The van der Waals surface area contributed by atoms with Crippen molar-refractivity contribution in [2.24, 2.45) is 0 Å². The molecule has 86 valence electrons. The summed E-state index contributed by atoms with van der Waals surface area (Å²) in [5.41, 5.74) is 0. The van der Waals surface area contributed by atoms with Gasteiger partial charge in [-0.1, -0.05) is 0 Å². The van der Waals surface area contributed by atoms with Gasteiger partial charge in [0.25, 0.3) is 5.91 Å². The molecule has 8 heteroatoms. The van der Waals surface area contributed by atoms with Crippen molar-refractivity contribution in [2.75, 3.05) is 19.6 Å². The molecule has 5 nitrogen and oxygen atoms in total. The second kappa shape index (κ2) is 4.47. The SMILES string of the molecule is O=C1CNCCCN1OC(=O)C(F)(F)F. The first-order valence-corrected chi connectivity index (χ1v) is 4.21. The van der Waals surface area contributed by atoms with E-state index in [1.807, 2.05) is 0 Å². The third kappa shape index (κ3) is 3.39. The monoisotopic (exact) mass is 226 g/mol. The van der Waals surface area contributed by atoms with Crippen LogP contribution in [0.3, 0.4) is 0 Å². The van der Waals surface area contributed by atoms with Crippen molar-refractivity contribution in [3.05, 3.63) is 0 Å². The van der Waals surface area contributed by atoms with E-state index in [0.717, 1.165) is 0 Å². The Morgan fingerprint density at radius 1 is 1.47 bits per heavy atom. The molecule has 0 aromatic carbocycles. The quantitative estimate of drug-likeness (QED) is 0.674. The number of rotatable bonds is 1. The van der Waals surface area contributed by atoms with Gasteiger partial charge in [0, 0.05) is 0 Å². The van der Waals surface area contributed by atoms with E-state index in [4.69, 9.17) is 0 Å². The molecule has 0 radical (unpaired) electrons. The first kappa shape index (κ1) is 11.8. The van der Waals surface area contributed by atoms with E-state index in [9.17, 15) is 22.8 Å². The Kier molecular flexibility index (Phi) is 3.51. The van der Waals surface area contributed by atoms with Crippen LogP contribution in [0.15, 0.2) is 0 Å². The van der Waals surface area contributed by atoms with Gasteiger partial charge in [-0.2, -0.15) is 18.2 Å². The van der Waals surface area contributed by atoms with Crippen LogP contribution in [0.25, 0.3) is 0 Å². The molecule has 1 heterocycles. The third-order valence-corrected chi connectivity index (χ3v) is 1.69. The van der Waals surface area contributed by atoms with Crippen LogP contribution < -0.4 is 5.32 Å². The number of carbonyl (C=O) groups is 2. The first-order valence-electron chi connectivity index (χ1n) is 4.21. The molecule has 0 bridgehead atoms. The van der Waals surface area contributed by atoms with Gasteiger partial charge < -0.3 is 10.2 Å². The van der Waals surface area contributed by atoms with Crippen LogP contribution in [-0.4, -0.2) is 42.8 Å². The van der Waals surface area contributed by atoms with Crippen LogP contribution in [0.1, 0.15) is 6.42 Å². The number of hydrogen-bond acceptors (Lipinski definition) is 4. The number of carbonyl (C=O) groups excluding carboxylic acids is 2. The fourth-order valence-corrected chi connectivity index (χ4v) is 1.00. The summed E-state index contributed by atoms with van der Waals surface area (Å²) in [5.74, 6) is -3.07. The summed E-state index contributed by atoms with van der Waals surface area (Å²) >= 11 is 0. The molecule has 0 saturated carbocycles. The zero-order chi connectivity index (χ0) is 11.5. The van der Waals surface area contributed by atoms with Crippen LogP contribution in [0.2, 0.25) is 0 Å². The van der Waals surface area contributed by atoms with Gasteiger partial charge >= 0.3 is 12.1 Å². The molecule has 0 spiro atoms. The minimum atomic E-state index is -5.08. The predicted molar refractivity (Wildman–Crippen MR) is 41.3 cm³/mol. The second-order valence-electron chi connectivity index (χ2n) is 2.90. The number of amides is 1. The highest BCUT2D eigenvalue weighted by atomic mass is 19.4. The van der Waals surface area contributed by atoms with E-state index in [1.54, 1.807) is 0 Å². The summed E-state index contributed by atoms with van der Waals surface area (Å²) in [7, 11) is 0. The molecule has 0 aromatic rings. The summed E-state index contributed by atoms with van der Waals surface area (Å²) < 4.78 is 35.4. The van der Waals surface area contributed by atoms with Gasteiger partial charge in [-0.3, -0.25) is 4.79 Å². The van der Waals surface area contributed by atoms with E-state index >= 15 is 0 Å². The minimum absolute atomic E-state index is 0.0341. The molecule has 1 N–H and O–H groups in total. The molecule has 15 heavy (non-hydrogen) atoms. The molecule has 0 atom stereocenters. The Morgan fingerprint density at radius 2 is 2.13 bits per heavy atom. The van der Waals surface area contributed by atoms with Crippen molar-refractivity contribution in [2.45, 2.75) is 12.6 Å². The lowest BCUT2D eigenvalue weighted by Crippen LogP contribution is -2.40. The van der Waals surface area contributed by atoms with E-state index in [-0.39, 0.29) is 13.1 Å². The Labute approximate surface area is 83.1 Å². The molecule has 0 aromatic heterocycles. The lowest BCUT2D eigenvalue weighted by molar-refractivity contribution is -0.236. The molecule has 1 saturated heterocycles. The standard InChI is InChI=1S/C7H9F3N2O3/c8-7(9,10)6(14)15-12-3-1-2-11-4-5(12)13/h11H,1-4H2. The van der Waals surface area contributed by atoms with Crippen molar-refractivity contribution in [3.63, 3.8) is 0 Å². The van der Waals surface area contributed by atoms with Gasteiger partial charge in [0.15, 0.2) is 0 Å². The second-order valence-corrected chi connectivity index (χ2v) is 2.90. The lowest BCUT2D eigenvalue weighted by Gasteiger charge is -2.18. The average Bonchev–Trinajstić information content (AvgIpc) is 2.30. The number of nitrogens with one attached hydrogen (secondary N) is 1. The molecule has 1 aliphatic rings. The largest absolute Gasteiger partial charge is 0.493 e. The lowest BCUT2D eigenvalue weighted by atomic mass is 10.4. The Hall–Kier alpha value is -1.31. The molecule has 1 rings (SSSR count). The Morgan fingerprint density at radius 3 is 2.73 bits per heavy atom. The van der Waals surface area contributed by atoms with Gasteiger partial charge in [-0.05, 0) is 13.0 Å². The Balaban J connectivity index is 2.56. The molecule has 1 fully saturated rings. The molecule has 0 aliphatic carbocycles.